The Hall–Kier alpha value is -1.50. The highest BCUT2D eigenvalue weighted by atomic mass is 16.6. The van der Waals surface area contributed by atoms with Crippen LogP contribution in [0.1, 0.15) is 72.6 Å². The highest BCUT2D eigenvalue weighted by Crippen LogP contribution is 2.32. The first kappa shape index (κ1) is 23.2. The fourth-order valence-electron chi connectivity index (χ4n) is 4.27. The van der Waals surface area contributed by atoms with Crippen LogP contribution < -0.4 is 5.32 Å². The van der Waals surface area contributed by atoms with Crippen molar-refractivity contribution in [1.29, 1.82) is 0 Å². The minimum Gasteiger partial charge on any atom is -0.444 e. The van der Waals surface area contributed by atoms with E-state index in [1.54, 1.807) is 0 Å². The van der Waals surface area contributed by atoms with Crippen molar-refractivity contribution in [3.8, 4) is 0 Å². The van der Waals surface area contributed by atoms with Gasteiger partial charge < -0.3 is 24.6 Å². The van der Waals surface area contributed by atoms with Gasteiger partial charge in [-0.15, -0.1) is 0 Å². The lowest BCUT2D eigenvalue weighted by Crippen LogP contribution is -2.52. The maximum atomic E-state index is 12.8. The maximum absolute atomic E-state index is 12.8. The van der Waals surface area contributed by atoms with Crippen LogP contribution in [0.15, 0.2) is 4.99 Å². The first-order chi connectivity index (χ1) is 14.4. The average Bonchev–Trinajstić information content (AvgIpc) is 3.37. The number of nitrogens with one attached hydrogen (secondary N) is 1. The summed E-state index contributed by atoms with van der Waals surface area (Å²) in [4.78, 5) is 22.1. The summed E-state index contributed by atoms with van der Waals surface area (Å²) < 4.78 is 11.4. The molecule has 2 heterocycles. The van der Waals surface area contributed by atoms with Gasteiger partial charge in [0, 0.05) is 45.4 Å². The third kappa shape index (κ3) is 7.33. The fraction of sp³-hybridized carbons (Fsp3) is 0.913. The van der Waals surface area contributed by atoms with Crippen molar-refractivity contribution in [2.75, 3.05) is 39.3 Å². The molecule has 1 saturated carbocycles. The molecule has 0 spiro atoms. The molecule has 30 heavy (non-hydrogen) atoms. The molecular formula is C23H42N4O3. The number of nitrogens with zero attached hydrogens (tertiary/aromatic N) is 3. The Morgan fingerprint density at radius 1 is 1.20 bits per heavy atom. The average molecular weight is 423 g/mol. The number of hydrogen-bond acceptors (Lipinski definition) is 4. The van der Waals surface area contributed by atoms with Gasteiger partial charge in [-0.1, -0.05) is 0 Å². The van der Waals surface area contributed by atoms with Crippen LogP contribution in [0, 0.1) is 5.92 Å². The molecule has 0 aromatic heterocycles. The van der Waals surface area contributed by atoms with Crippen LogP contribution in [-0.2, 0) is 9.47 Å². The molecule has 0 aromatic carbocycles. The Bertz CT molecular complexity index is 571. The molecule has 3 aliphatic rings. The minimum atomic E-state index is -0.451. The summed E-state index contributed by atoms with van der Waals surface area (Å²) in [6.07, 6.45) is 7.97. The van der Waals surface area contributed by atoms with E-state index in [4.69, 9.17) is 14.5 Å². The summed E-state index contributed by atoms with van der Waals surface area (Å²) in [6.45, 7) is 13.2. The summed E-state index contributed by atoms with van der Waals surface area (Å²) in [5, 5.41) is 3.45. The Morgan fingerprint density at radius 2 is 1.93 bits per heavy atom. The van der Waals surface area contributed by atoms with Gasteiger partial charge in [-0.25, -0.2) is 4.79 Å². The quantitative estimate of drug-likeness (QED) is 0.501. The topological polar surface area (TPSA) is 66.4 Å². The van der Waals surface area contributed by atoms with Gasteiger partial charge in [-0.2, -0.15) is 0 Å². The summed E-state index contributed by atoms with van der Waals surface area (Å²) in [5.74, 6) is 1.66. The first-order valence-electron chi connectivity index (χ1n) is 12.0. The monoisotopic (exact) mass is 422 g/mol. The van der Waals surface area contributed by atoms with Crippen LogP contribution in [-0.4, -0.2) is 78.9 Å². The molecule has 1 N–H and O–H groups in total. The van der Waals surface area contributed by atoms with Crippen LogP contribution in [0.3, 0.4) is 0 Å². The van der Waals surface area contributed by atoms with Crippen molar-refractivity contribution >= 4 is 12.1 Å². The molecule has 0 bridgehead atoms. The number of piperidine rings is 1. The van der Waals surface area contributed by atoms with Gasteiger partial charge in [0.15, 0.2) is 5.96 Å². The number of carbonyl (C=O) groups is 1. The SMILES string of the molecule is CCNC(=NCCC1CCCO1)N1CCC(N(CC2CC2)C(=O)OC(C)(C)C)CC1. The molecular weight excluding hydrogens is 380 g/mol. The molecule has 1 amide bonds. The predicted molar refractivity (Wildman–Crippen MR) is 120 cm³/mol. The Balaban J connectivity index is 1.53. The number of guanidine groups is 1. The van der Waals surface area contributed by atoms with Crippen LogP contribution in [0.2, 0.25) is 0 Å². The van der Waals surface area contributed by atoms with E-state index in [1.165, 1.54) is 25.7 Å². The molecule has 2 saturated heterocycles. The normalized spacial score (nSPS) is 23.5. The van der Waals surface area contributed by atoms with E-state index in [2.05, 4.69) is 17.1 Å². The van der Waals surface area contributed by atoms with E-state index < -0.39 is 5.60 Å². The smallest absolute Gasteiger partial charge is 0.410 e. The Labute approximate surface area is 182 Å². The number of hydrogen-bond donors (Lipinski definition) is 1. The van der Waals surface area contributed by atoms with Gasteiger partial charge >= 0.3 is 6.09 Å². The third-order valence-corrected chi connectivity index (χ3v) is 6.06. The van der Waals surface area contributed by atoms with E-state index in [0.717, 1.165) is 64.6 Å². The zero-order valence-electron chi connectivity index (χ0n) is 19.5. The molecule has 1 aliphatic carbocycles. The zero-order valence-corrected chi connectivity index (χ0v) is 19.5. The van der Waals surface area contributed by atoms with Gasteiger partial charge in [0.05, 0.1) is 6.10 Å². The number of likely N-dealkylation sites (tertiary alicyclic amines) is 1. The van der Waals surface area contributed by atoms with Crippen molar-refractivity contribution in [2.24, 2.45) is 10.9 Å². The molecule has 3 rings (SSSR count). The van der Waals surface area contributed by atoms with Gasteiger partial charge in [0.25, 0.3) is 0 Å². The number of aliphatic imine (C=N–C) groups is 1. The Morgan fingerprint density at radius 3 is 2.50 bits per heavy atom. The number of carbonyl (C=O) groups excluding carboxylic acids is 1. The largest absolute Gasteiger partial charge is 0.444 e. The summed E-state index contributed by atoms with van der Waals surface area (Å²) in [7, 11) is 0. The second kappa shape index (κ2) is 10.7. The number of rotatable bonds is 7. The molecule has 7 heteroatoms. The molecule has 7 nitrogen and oxygen atoms in total. The van der Waals surface area contributed by atoms with E-state index in [-0.39, 0.29) is 12.1 Å². The van der Waals surface area contributed by atoms with E-state index in [1.807, 2.05) is 25.7 Å². The molecule has 0 radical (unpaired) electrons. The van der Waals surface area contributed by atoms with E-state index >= 15 is 0 Å². The highest BCUT2D eigenvalue weighted by molar-refractivity contribution is 5.80. The number of amides is 1. The van der Waals surface area contributed by atoms with E-state index in [0.29, 0.717) is 12.0 Å². The van der Waals surface area contributed by atoms with Gasteiger partial charge in [-0.3, -0.25) is 4.99 Å². The minimum absolute atomic E-state index is 0.148. The summed E-state index contributed by atoms with van der Waals surface area (Å²) in [5.41, 5.74) is -0.451. The molecule has 2 aliphatic heterocycles. The summed E-state index contributed by atoms with van der Waals surface area (Å²) in [6, 6.07) is 0.256. The third-order valence-electron chi connectivity index (χ3n) is 6.06. The van der Waals surface area contributed by atoms with Crippen molar-refractivity contribution in [1.82, 2.24) is 15.1 Å². The highest BCUT2D eigenvalue weighted by Gasteiger charge is 2.35. The van der Waals surface area contributed by atoms with Crippen LogP contribution in [0.25, 0.3) is 0 Å². The van der Waals surface area contributed by atoms with Gasteiger partial charge in [0.1, 0.15) is 5.60 Å². The molecule has 0 aromatic rings. The number of ether oxygens (including phenoxy) is 2. The van der Waals surface area contributed by atoms with Crippen LogP contribution in [0.4, 0.5) is 4.79 Å². The Kier molecular flexibility index (Phi) is 8.26. The molecule has 1 unspecified atom stereocenters. The van der Waals surface area contributed by atoms with Crippen LogP contribution in [0.5, 0.6) is 0 Å². The molecule has 1 atom stereocenters. The van der Waals surface area contributed by atoms with Gasteiger partial charge in [0.2, 0.25) is 0 Å². The summed E-state index contributed by atoms with van der Waals surface area (Å²) >= 11 is 0. The van der Waals surface area contributed by atoms with Crippen molar-refractivity contribution in [2.45, 2.75) is 90.4 Å². The molecule has 3 fully saturated rings. The van der Waals surface area contributed by atoms with Crippen molar-refractivity contribution in [3.63, 3.8) is 0 Å². The standard InChI is InChI=1S/C23H42N4O3/c1-5-24-21(25-13-10-20-7-6-16-29-20)26-14-11-19(12-15-26)27(17-18-8-9-18)22(28)30-23(2,3)4/h18-20H,5-17H2,1-4H3,(H,24,25). The fourth-order valence-corrected chi connectivity index (χ4v) is 4.27. The van der Waals surface area contributed by atoms with Crippen molar-refractivity contribution in [3.05, 3.63) is 0 Å². The van der Waals surface area contributed by atoms with Gasteiger partial charge in [-0.05, 0) is 78.6 Å². The maximum Gasteiger partial charge on any atom is 0.410 e. The first-order valence-corrected chi connectivity index (χ1v) is 12.0. The van der Waals surface area contributed by atoms with Crippen molar-refractivity contribution < 1.29 is 14.3 Å². The predicted octanol–water partition coefficient (Wildman–Crippen LogP) is 3.63. The lowest BCUT2D eigenvalue weighted by atomic mass is 10.0. The zero-order chi connectivity index (χ0) is 21.6. The second-order valence-corrected chi connectivity index (χ2v) is 9.95. The molecule has 172 valence electrons. The van der Waals surface area contributed by atoms with Crippen LogP contribution >= 0.6 is 0 Å². The lowest BCUT2D eigenvalue weighted by molar-refractivity contribution is 0.00928. The van der Waals surface area contributed by atoms with E-state index in [9.17, 15) is 4.79 Å². The second-order valence-electron chi connectivity index (χ2n) is 9.95. The lowest BCUT2D eigenvalue weighted by Gasteiger charge is -2.40.